The van der Waals surface area contributed by atoms with Gasteiger partial charge in [-0.1, -0.05) is 36.4 Å². The summed E-state index contributed by atoms with van der Waals surface area (Å²) in [4.78, 5) is 13.8. The molecule has 0 fully saturated rings. The lowest BCUT2D eigenvalue weighted by Crippen LogP contribution is -2.33. The number of phenols is 1. The maximum absolute atomic E-state index is 12.4. The van der Waals surface area contributed by atoms with Crippen molar-refractivity contribution in [3.8, 4) is 11.8 Å². The Labute approximate surface area is 123 Å². The van der Waals surface area contributed by atoms with Gasteiger partial charge in [-0.25, -0.2) is 0 Å². The molecule has 0 saturated heterocycles. The van der Waals surface area contributed by atoms with Crippen LogP contribution in [0.1, 0.15) is 5.56 Å². The molecule has 0 spiro atoms. The van der Waals surface area contributed by atoms with Crippen molar-refractivity contribution < 1.29 is 9.90 Å². The second-order valence-corrected chi connectivity index (χ2v) is 4.79. The number of phenolic OH excluding ortho intramolecular Hbond substituents is 1. The SMILES string of the molecule is CN(C(=O)C(C#N)Cc1ccccc1)c1cccc(O)c1. The molecule has 2 aromatic carbocycles. The van der Waals surface area contributed by atoms with Crippen LogP contribution < -0.4 is 4.90 Å². The monoisotopic (exact) mass is 280 g/mol. The summed E-state index contributed by atoms with van der Waals surface area (Å²) in [6.45, 7) is 0. The molecule has 0 aliphatic carbocycles. The number of carbonyl (C=O) groups excluding carboxylic acids is 1. The second-order valence-electron chi connectivity index (χ2n) is 4.79. The van der Waals surface area contributed by atoms with E-state index in [9.17, 15) is 15.2 Å². The van der Waals surface area contributed by atoms with Crippen LogP contribution in [0.25, 0.3) is 0 Å². The van der Waals surface area contributed by atoms with Gasteiger partial charge in [-0.05, 0) is 24.1 Å². The Balaban J connectivity index is 2.15. The molecule has 0 aliphatic heterocycles. The molecule has 0 aliphatic rings. The van der Waals surface area contributed by atoms with Gasteiger partial charge >= 0.3 is 0 Å². The molecule has 0 bridgehead atoms. The Kier molecular flexibility index (Phi) is 4.57. The summed E-state index contributed by atoms with van der Waals surface area (Å²) in [5.41, 5.74) is 1.51. The third-order valence-corrected chi connectivity index (χ3v) is 3.28. The quantitative estimate of drug-likeness (QED) is 0.936. The molecule has 1 amide bonds. The average Bonchev–Trinajstić information content (AvgIpc) is 2.52. The number of carbonyl (C=O) groups is 1. The van der Waals surface area contributed by atoms with E-state index in [4.69, 9.17) is 0 Å². The number of amides is 1. The molecule has 2 rings (SSSR count). The summed E-state index contributed by atoms with van der Waals surface area (Å²) in [7, 11) is 1.60. The Bertz CT molecular complexity index is 662. The van der Waals surface area contributed by atoms with Gasteiger partial charge in [-0.3, -0.25) is 4.79 Å². The number of nitriles is 1. The summed E-state index contributed by atoms with van der Waals surface area (Å²) < 4.78 is 0. The lowest BCUT2D eigenvalue weighted by Gasteiger charge is -2.20. The highest BCUT2D eigenvalue weighted by atomic mass is 16.3. The van der Waals surface area contributed by atoms with Crippen LogP contribution in [0.4, 0.5) is 5.69 Å². The molecule has 0 saturated carbocycles. The van der Waals surface area contributed by atoms with Crippen molar-refractivity contribution in [2.45, 2.75) is 6.42 Å². The Morgan fingerprint density at radius 3 is 2.57 bits per heavy atom. The van der Waals surface area contributed by atoms with Crippen molar-refractivity contribution in [3.63, 3.8) is 0 Å². The van der Waals surface area contributed by atoms with Crippen molar-refractivity contribution in [1.29, 1.82) is 5.26 Å². The fourth-order valence-corrected chi connectivity index (χ4v) is 2.10. The van der Waals surface area contributed by atoms with Gasteiger partial charge in [-0.15, -0.1) is 0 Å². The van der Waals surface area contributed by atoms with E-state index in [1.807, 2.05) is 30.3 Å². The van der Waals surface area contributed by atoms with Crippen LogP contribution in [0.3, 0.4) is 0 Å². The molecular formula is C17H16N2O2. The summed E-state index contributed by atoms with van der Waals surface area (Å²) in [6, 6.07) is 17.9. The molecule has 1 N–H and O–H groups in total. The van der Waals surface area contributed by atoms with E-state index < -0.39 is 5.92 Å². The fourth-order valence-electron chi connectivity index (χ4n) is 2.10. The van der Waals surface area contributed by atoms with Gasteiger partial charge in [0.1, 0.15) is 11.7 Å². The van der Waals surface area contributed by atoms with E-state index in [2.05, 4.69) is 6.07 Å². The lowest BCUT2D eigenvalue weighted by molar-refractivity contribution is -0.120. The van der Waals surface area contributed by atoms with Crippen LogP contribution in [-0.4, -0.2) is 18.1 Å². The highest BCUT2D eigenvalue weighted by molar-refractivity contribution is 5.96. The first kappa shape index (κ1) is 14.6. The van der Waals surface area contributed by atoms with Gasteiger partial charge in [0, 0.05) is 18.8 Å². The molecule has 106 valence electrons. The number of anilines is 1. The fraction of sp³-hybridized carbons (Fsp3) is 0.176. The van der Waals surface area contributed by atoms with Gasteiger partial charge in [0.05, 0.1) is 6.07 Å². The molecule has 0 radical (unpaired) electrons. The molecule has 1 unspecified atom stereocenters. The first-order valence-corrected chi connectivity index (χ1v) is 6.62. The second kappa shape index (κ2) is 6.58. The number of nitrogens with zero attached hydrogens (tertiary/aromatic N) is 2. The number of hydrogen-bond acceptors (Lipinski definition) is 3. The summed E-state index contributed by atoms with van der Waals surface area (Å²) in [6.07, 6.45) is 0.374. The van der Waals surface area contributed by atoms with E-state index in [1.165, 1.54) is 17.0 Å². The predicted octanol–water partition coefficient (Wildman–Crippen LogP) is 2.74. The summed E-state index contributed by atoms with van der Waals surface area (Å²) in [5.74, 6) is -0.949. The minimum Gasteiger partial charge on any atom is -0.508 e. The maximum atomic E-state index is 12.4. The zero-order valence-corrected chi connectivity index (χ0v) is 11.7. The third kappa shape index (κ3) is 3.61. The first-order valence-electron chi connectivity index (χ1n) is 6.62. The van der Waals surface area contributed by atoms with E-state index >= 15 is 0 Å². The zero-order valence-electron chi connectivity index (χ0n) is 11.7. The standard InChI is InChI=1S/C17H16N2O2/c1-19(15-8-5-9-16(20)11-15)17(21)14(12-18)10-13-6-3-2-4-7-13/h2-9,11,14,20H,10H2,1H3. The maximum Gasteiger partial charge on any atom is 0.244 e. The molecule has 1 atom stereocenters. The summed E-state index contributed by atoms with van der Waals surface area (Å²) in [5, 5.41) is 18.7. The topological polar surface area (TPSA) is 64.3 Å². The molecule has 2 aromatic rings. The highest BCUT2D eigenvalue weighted by Crippen LogP contribution is 2.21. The average molecular weight is 280 g/mol. The molecule has 0 heterocycles. The van der Waals surface area contributed by atoms with Crippen LogP contribution in [0.2, 0.25) is 0 Å². The number of rotatable bonds is 4. The van der Waals surface area contributed by atoms with Crippen molar-refractivity contribution in [3.05, 3.63) is 60.2 Å². The van der Waals surface area contributed by atoms with Gasteiger partial charge in [0.15, 0.2) is 0 Å². The lowest BCUT2D eigenvalue weighted by atomic mass is 9.99. The first-order chi connectivity index (χ1) is 10.1. The number of aromatic hydroxyl groups is 1. The number of hydrogen-bond donors (Lipinski definition) is 1. The Morgan fingerprint density at radius 2 is 1.95 bits per heavy atom. The van der Waals surface area contributed by atoms with E-state index in [0.717, 1.165) is 5.56 Å². The van der Waals surface area contributed by atoms with Gasteiger partial charge in [-0.2, -0.15) is 5.26 Å². The smallest absolute Gasteiger partial charge is 0.244 e. The van der Waals surface area contributed by atoms with Gasteiger partial charge in [0.25, 0.3) is 0 Å². The van der Waals surface area contributed by atoms with Crippen molar-refractivity contribution >= 4 is 11.6 Å². The molecule has 21 heavy (non-hydrogen) atoms. The third-order valence-electron chi connectivity index (χ3n) is 3.28. The number of benzene rings is 2. The van der Waals surface area contributed by atoms with Crippen molar-refractivity contribution in [2.75, 3.05) is 11.9 Å². The van der Waals surface area contributed by atoms with E-state index in [0.29, 0.717) is 12.1 Å². The molecule has 0 aromatic heterocycles. The highest BCUT2D eigenvalue weighted by Gasteiger charge is 2.23. The largest absolute Gasteiger partial charge is 0.508 e. The minimum absolute atomic E-state index is 0.0868. The van der Waals surface area contributed by atoms with Crippen molar-refractivity contribution in [2.24, 2.45) is 5.92 Å². The normalized spacial score (nSPS) is 11.4. The van der Waals surface area contributed by atoms with Crippen LogP contribution in [0.5, 0.6) is 5.75 Å². The Hall–Kier alpha value is -2.80. The van der Waals surface area contributed by atoms with Crippen LogP contribution in [0, 0.1) is 17.2 Å². The zero-order chi connectivity index (χ0) is 15.2. The van der Waals surface area contributed by atoms with Crippen molar-refractivity contribution in [1.82, 2.24) is 0 Å². The van der Waals surface area contributed by atoms with Crippen LogP contribution in [-0.2, 0) is 11.2 Å². The van der Waals surface area contributed by atoms with E-state index in [-0.39, 0.29) is 11.7 Å². The Morgan fingerprint density at radius 1 is 1.24 bits per heavy atom. The summed E-state index contributed by atoms with van der Waals surface area (Å²) >= 11 is 0. The minimum atomic E-state index is -0.750. The van der Waals surface area contributed by atoms with Gasteiger partial charge in [0.2, 0.25) is 5.91 Å². The molecule has 4 nitrogen and oxygen atoms in total. The predicted molar refractivity (Wildman–Crippen MR) is 80.8 cm³/mol. The molecular weight excluding hydrogens is 264 g/mol. The van der Waals surface area contributed by atoms with Crippen LogP contribution >= 0.6 is 0 Å². The van der Waals surface area contributed by atoms with E-state index in [1.54, 1.807) is 19.2 Å². The van der Waals surface area contributed by atoms with Gasteiger partial charge < -0.3 is 10.0 Å². The molecule has 4 heteroatoms. The van der Waals surface area contributed by atoms with Crippen LogP contribution in [0.15, 0.2) is 54.6 Å².